The van der Waals surface area contributed by atoms with Gasteiger partial charge in [-0.2, -0.15) is 0 Å². The molecule has 1 atom stereocenters. The zero-order chi connectivity index (χ0) is 11.3. The Hall–Kier alpha value is -1.06. The van der Waals surface area contributed by atoms with Crippen molar-refractivity contribution in [2.24, 2.45) is 0 Å². The molecule has 0 radical (unpaired) electrons. The van der Waals surface area contributed by atoms with E-state index in [4.69, 9.17) is 0 Å². The lowest BCUT2D eigenvalue weighted by atomic mass is 10.1. The number of urea groups is 1. The number of amides is 2. The van der Waals surface area contributed by atoms with E-state index in [1.807, 2.05) is 6.92 Å². The Morgan fingerprint density at radius 2 is 2.47 bits per heavy atom. The highest BCUT2D eigenvalue weighted by Crippen LogP contribution is 2.08. The Balaban J connectivity index is 2.25. The molecule has 0 fully saturated rings. The molecule has 0 aliphatic carbocycles. The zero-order valence-corrected chi connectivity index (χ0v) is 9.42. The van der Waals surface area contributed by atoms with Crippen LogP contribution < -0.4 is 5.32 Å². The van der Waals surface area contributed by atoms with Crippen LogP contribution in [0.25, 0.3) is 0 Å². The molecule has 1 unspecified atom stereocenters. The molecule has 0 saturated carbocycles. The standard InChI is InChI=1S/C11H19FN2O/c1-9-4-3-7-14(8-9)11(15)13-6-5-10(2)12/h4,10H,3,5-8H2,1-2H3,(H,13,15). The molecule has 3 nitrogen and oxygen atoms in total. The van der Waals surface area contributed by atoms with Gasteiger partial charge in [0, 0.05) is 19.6 Å². The Bertz CT molecular complexity index is 251. The van der Waals surface area contributed by atoms with E-state index in [-0.39, 0.29) is 6.03 Å². The van der Waals surface area contributed by atoms with Gasteiger partial charge in [0.25, 0.3) is 0 Å². The van der Waals surface area contributed by atoms with Crippen LogP contribution in [-0.2, 0) is 0 Å². The molecule has 0 spiro atoms. The number of carbonyl (C=O) groups excluding carboxylic acids is 1. The maximum absolute atomic E-state index is 12.5. The van der Waals surface area contributed by atoms with E-state index in [9.17, 15) is 9.18 Å². The summed E-state index contributed by atoms with van der Waals surface area (Å²) in [6.45, 7) is 5.38. The average Bonchev–Trinajstić information content (AvgIpc) is 2.17. The van der Waals surface area contributed by atoms with Gasteiger partial charge >= 0.3 is 6.03 Å². The molecule has 2 amide bonds. The molecule has 86 valence electrons. The van der Waals surface area contributed by atoms with E-state index in [0.29, 0.717) is 19.5 Å². The number of hydrogen-bond donors (Lipinski definition) is 1. The van der Waals surface area contributed by atoms with Crippen molar-refractivity contribution in [3.8, 4) is 0 Å². The van der Waals surface area contributed by atoms with E-state index in [1.54, 1.807) is 4.90 Å². The molecule has 0 bridgehead atoms. The van der Waals surface area contributed by atoms with Gasteiger partial charge in [0.2, 0.25) is 0 Å². The Morgan fingerprint density at radius 1 is 1.73 bits per heavy atom. The first-order valence-corrected chi connectivity index (χ1v) is 5.42. The quantitative estimate of drug-likeness (QED) is 0.717. The van der Waals surface area contributed by atoms with Crippen LogP contribution in [0.5, 0.6) is 0 Å². The van der Waals surface area contributed by atoms with Gasteiger partial charge in [0.1, 0.15) is 0 Å². The van der Waals surface area contributed by atoms with E-state index >= 15 is 0 Å². The fourth-order valence-electron chi connectivity index (χ4n) is 1.57. The average molecular weight is 214 g/mol. The largest absolute Gasteiger partial charge is 0.338 e. The highest BCUT2D eigenvalue weighted by atomic mass is 19.1. The second kappa shape index (κ2) is 5.73. The number of halogens is 1. The molecule has 0 saturated heterocycles. The highest BCUT2D eigenvalue weighted by Gasteiger charge is 2.15. The minimum atomic E-state index is -0.853. The van der Waals surface area contributed by atoms with Crippen molar-refractivity contribution in [3.63, 3.8) is 0 Å². The van der Waals surface area contributed by atoms with Crippen LogP contribution in [0.2, 0.25) is 0 Å². The van der Waals surface area contributed by atoms with E-state index < -0.39 is 6.17 Å². The SMILES string of the molecule is CC1=CCCN(C(=O)NCCC(C)F)C1. The highest BCUT2D eigenvalue weighted by molar-refractivity contribution is 5.74. The lowest BCUT2D eigenvalue weighted by molar-refractivity contribution is 0.199. The topological polar surface area (TPSA) is 32.3 Å². The van der Waals surface area contributed by atoms with Crippen LogP contribution in [-0.4, -0.2) is 36.7 Å². The number of alkyl halides is 1. The molecule has 1 heterocycles. The van der Waals surface area contributed by atoms with E-state index in [0.717, 1.165) is 13.0 Å². The smallest absolute Gasteiger partial charge is 0.317 e. The van der Waals surface area contributed by atoms with Crippen LogP contribution >= 0.6 is 0 Å². The third-order valence-corrected chi connectivity index (χ3v) is 2.44. The van der Waals surface area contributed by atoms with E-state index in [2.05, 4.69) is 11.4 Å². The summed E-state index contributed by atoms with van der Waals surface area (Å²) in [5.41, 5.74) is 1.22. The number of hydrogen-bond acceptors (Lipinski definition) is 1. The van der Waals surface area contributed by atoms with Gasteiger partial charge in [0.05, 0.1) is 6.17 Å². The van der Waals surface area contributed by atoms with Crippen LogP contribution in [0.15, 0.2) is 11.6 Å². The minimum Gasteiger partial charge on any atom is -0.338 e. The zero-order valence-electron chi connectivity index (χ0n) is 9.42. The predicted octanol–water partition coefficient (Wildman–Crippen LogP) is 2.10. The van der Waals surface area contributed by atoms with Crippen molar-refractivity contribution in [2.45, 2.75) is 32.9 Å². The molecule has 1 rings (SSSR count). The second-order valence-corrected chi connectivity index (χ2v) is 4.06. The third kappa shape index (κ3) is 4.32. The van der Waals surface area contributed by atoms with Gasteiger partial charge in [0.15, 0.2) is 0 Å². The van der Waals surface area contributed by atoms with Crippen LogP contribution in [0.4, 0.5) is 9.18 Å². The van der Waals surface area contributed by atoms with Gasteiger partial charge in [-0.1, -0.05) is 11.6 Å². The van der Waals surface area contributed by atoms with Crippen LogP contribution in [0.3, 0.4) is 0 Å². The Labute approximate surface area is 90.3 Å². The molecule has 1 N–H and O–H groups in total. The van der Waals surface area contributed by atoms with Crippen molar-refractivity contribution < 1.29 is 9.18 Å². The molecule has 1 aliphatic rings. The number of rotatable bonds is 3. The summed E-state index contributed by atoms with van der Waals surface area (Å²) < 4.78 is 12.5. The molecule has 1 aliphatic heterocycles. The first-order valence-electron chi connectivity index (χ1n) is 5.42. The lowest BCUT2D eigenvalue weighted by Crippen LogP contribution is -2.43. The summed E-state index contributed by atoms with van der Waals surface area (Å²) in [6, 6.07) is -0.0805. The fraction of sp³-hybridized carbons (Fsp3) is 0.727. The summed E-state index contributed by atoms with van der Waals surface area (Å²) in [5, 5.41) is 2.72. The Kier molecular flexibility index (Phi) is 4.59. The number of nitrogens with zero attached hydrogens (tertiary/aromatic N) is 1. The molecular formula is C11H19FN2O. The van der Waals surface area contributed by atoms with Gasteiger partial charge < -0.3 is 10.2 Å². The lowest BCUT2D eigenvalue weighted by Gasteiger charge is -2.26. The molecule has 4 heteroatoms. The van der Waals surface area contributed by atoms with Gasteiger partial charge in [-0.25, -0.2) is 9.18 Å². The summed E-state index contributed by atoms with van der Waals surface area (Å²) in [7, 11) is 0. The van der Waals surface area contributed by atoms with Crippen molar-refractivity contribution in [1.29, 1.82) is 0 Å². The van der Waals surface area contributed by atoms with Gasteiger partial charge in [-0.05, 0) is 26.7 Å². The van der Waals surface area contributed by atoms with Crippen molar-refractivity contribution in [2.75, 3.05) is 19.6 Å². The number of nitrogens with one attached hydrogen (secondary N) is 1. The third-order valence-electron chi connectivity index (χ3n) is 2.44. The van der Waals surface area contributed by atoms with Gasteiger partial charge in [-0.15, -0.1) is 0 Å². The molecule has 0 aromatic carbocycles. The van der Waals surface area contributed by atoms with E-state index in [1.165, 1.54) is 12.5 Å². The van der Waals surface area contributed by atoms with Crippen LogP contribution in [0.1, 0.15) is 26.7 Å². The summed E-state index contributed by atoms with van der Waals surface area (Å²) in [5.74, 6) is 0. The summed E-state index contributed by atoms with van der Waals surface area (Å²) >= 11 is 0. The second-order valence-electron chi connectivity index (χ2n) is 4.06. The summed E-state index contributed by atoms with van der Waals surface area (Å²) in [4.78, 5) is 13.4. The normalized spacial score (nSPS) is 18.3. The molecular weight excluding hydrogens is 195 g/mol. The monoisotopic (exact) mass is 214 g/mol. The molecule has 15 heavy (non-hydrogen) atoms. The predicted molar refractivity (Wildman–Crippen MR) is 58.5 cm³/mol. The maximum Gasteiger partial charge on any atom is 0.317 e. The van der Waals surface area contributed by atoms with Crippen molar-refractivity contribution in [3.05, 3.63) is 11.6 Å². The molecule has 0 aromatic rings. The molecule has 0 aromatic heterocycles. The summed E-state index contributed by atoms with van der Waals surface area (Å²) in [6.07, 6.45) is 2.59. The first-order chi connectivity index (χ1) is 7.09. The van der Waals surface area contributed by atoms with Crippen molar-refractivity contribution >= 4 is 6.03 Å². The fourth-order valence-corrected chi connectivity index (χ4v) is 1.57. The van der Waals surface area contributed by atoms with Gasteiger partial charge in [-0.3, -0.25) is 0 Å². The maximum atomic E-state index is 12.5. The van der Waals surface area contributed by atoms with Crippen molar-refractivity contribution in [1.82, 2.24) is 10.2 Å². The first kappa shape index (κ1) is 12.0. The van der Waals surface area contributed by atoms with Crippen LogP contribution in [0, 0.1) is 0 Å². The number of carbonyl (C=O) groups is 1. The Morgan fingerprint density at radius 3 is 3.07 bits per heavy atom. The minimum absolute atomic E-state index is 0.0805.